The first-order valence-electron chi connectivity index (χ1n) is 7.77. The third-order valence-electron chi connectivity index (χ3n) is 3.76. The first-order chi connectivity index (χ1) is 9.80. The van der Waals surface area contributed by atoms with E-state index in [0.717, 1.165) is 25.9 Å². The van der Waals surface area contributed by atoms with Crippen LogP contribution in [0.5, 0.6) is 0 Å². The summed E-state index contributed by atoms with van der Waals surface area (Å²) >= 11 is 0. The van der Waals surface area contributed by atoms with Crippen LogP contribution in [0.1, 0.15) is 40.0 Å². The number of sulfonamides is 1. The summed E-state index contributed by atoms with van der Waals surface area (Å²) < 4.78 is 25.7. The van der Waals surface area contributed by atoms with Crippen LogP contribution >= 0.6 is 0 Å². The van der Waals surface area contributed by atoms with Crippen molar-refractivity contribution in [2.24, 2.45) is 11.8 Å². The van der Waals surface area contributed by atoms with E-state index >= 15 is 0 Å². The Hall–Kier alpha value is -0.660. The monoisotopic (exact) mass is 319 g/mol. The number of nitrogens with one attached hydrogen (secondary N) is 3. The lowest BCUT2D eigenvalue weighted by molar-refractivity contribution is -0.122. The molecule has 1 fully saturated rings. The van der Waals surface area contributed by atoms with Gasteiger partial charge in [-0.1, -0.05) is 6.92 Å². The molecule has 1 aliphatic rings. The highest BCUT2D eigenvalue weighted by molar-refractivity contribution is 7.89. The Balaban J connectivity index is 2.24. The van der Waals surface area contributed by atoms with Crippen LogP contribution in [0.15, 0.2) is 0 Å². The first-order valence-corrected chi connectivity index (χ1v) is 9.43. The predicted molar refractivity (Wildman–Crippen MR) is 84.4 cm³/mol. The summed E-state index contributed by atoms with van der Waals surface area (Å²) in [6.45, 7) is 7.84. The van der Waals surface area contributed by atoms with Crippen molar-refractivity contribution >= 4 is 15.9 Å². The molecule has 3 N–H and O–H groups in total. The molecule has 0 aromatic rings. The van der Waals surface area contributed by atoms with Crippen molar-refractivity contribution < 1.29 is 13.2 Å². The summed E-state index contributed by atoms with van der Waals surface area (Å²) in [4.78, 5) is 11.9. The van der Waals surface area contributed by atoms with Crippen LogP contribution in [-0.4, -0.2) is 45.8 Å². The summed E-state index contributed by atoms with van der Waals surface area (Å²) in [5, 5.41) is 6.05. The van der Waals surface area contributed by atoms with Gasteiger partial charge in [-0.2, -0.15) is 0 Å². The fraction of sp³-hybridized carbons (Fsp3) is 0.929. The second-order valence-electron chi connectivity index (χ2n) is 6.23. The van der Waals surface area contributed by atoms with Gasteiger partial charge in [-0.15, -0.1) is 0 Å². The maximum absolute atomic E-state index is 11.9. The van der Waals surface area contributed by atoms with Gasteiger partial charge in [-0.3, -0.25) is 4.79 Å². The van der Waals surface area contributed by atoms with Crippen LogP contribution in [0.4, 0.5) is 0 Å². The van der Waals surface area contributed by atoms with Crippen molar-refractivity contribution in [3.8, 4) is 0 Å². The average molecular weight is 319 g/mol. The van der Waals surface area contributed by atoms with Gasteiger partial charge < -0.3 is 10.6 Å². The Kier molecular flexibility index (Phi) is 7.62. The van der Waals surface area contributed by atoms with E-state index in [2.05, 4.69) is 22.3 Å². The molecule has 1 aliphatic heterocycles. The zero-order chi connectivity index (χ0) is 15.9. The van der Waals surface area contributed by atoms with Crippen molar-refractivity contribution in [1.82, 2.24) is 15.4 Å². The zero-order valence-corrected chi connectivity index (χ0v) is 14.1. The quantitative estimate of drug-likeness (QED) is 0.606. The van der Waals surface area contributed by atoms with Crippen LogP contribution in [-0.2, 0) is 14.8 Å². The molecule has 0 saturated carbocycles. The van der Waals surface area contributed by atoms with Crippen molar-refractivity contribution in [2.75, 3.05) is 25.4 Å². The Morgan fingerprint density at radius 1 is 1.33 bits per heavy atom. The van der Waals surface area contributed by atoms with Gasteiger partial charge in [-0.05, 0) is 51.6 Å². The van der Waals surface area contributed by atoms with Gasteiger partial charge in [0.1, 0.15) is 0 Å². The lowest BCUT2D eigenvalue weighted by Gasteiger charge is -2.28. The topological polar surface area (TPSA) is 87.3 Å². The molecule has 124 valence electrons. The minimum atomic E-state index is -3.30. The minimum Gasteiger partial charge on any atom is -0.355 e. The summed E-state index contributed by atoms with van der Waals surface area (Å²) in [6, 6.07) is -0.121. The normalized spacial score (nSPS) is 21.2. The van der Waals surface area contributed by atoms with Crippen molar-refractivity contribution in [2.45, 2.75) is 46.1 Å². The Morgan fingerprint density at radius 2 is 2.05 bits per heavy atom. The van der Waals surface area contributed by atoms with Gasteiger partial charge in [-0.25, -0.2) is 13.1 Å². The molecule has 1 heterocycles. The number of carbonyl (C=O) groups excluding carboxylic acids is 1. The fourth-order valence-corrected chi connectivity index (χ4v) is 3.85. The maximum atomic E-state index is 11.9. The molecule has 0 aromatic heterocycles. The van der Waals surface area contributed by atoms with Crippen molar-refractivity contribution in [3.05, 3.63) is 0 Å². The number of piperidine rings is 1. The lowest BCUT2D eigenvalue weighted by atomic mass is 9.85. The smallest absolute Gasteiger partial charge is 0.220 e. The van der Waals surface area contributed by atoms with E-state index < -0.39 is 10.0 Å². The van der Waals surface area contributed by atoms with Crippen molar-refractivity contribution in [3.63, 3.8) is 0 Å². The lowest BCUT2D eigenvalue weighted by Crippen LogP contribution is -2.38. The molecule has 0 bridgehead atoms. The Labute approximate surface area is 128 Å². The van der Waals surface area contributed by atoms with Crippen LogP contribution in [0.2, 0.25) is 0 Å². The maximum Gasteiger partial charge on any atom is 0.220 e. The van der Waals surface area contributed by atoms with E-state index in [-0.39, 0.29) is 24.2 Å². The van der Waals surface area contributed by atoms with Gasteiger partial charge in [0.2, 0.25) is 15.9 Å². The molecule has 0 radical (unpaired) electrons. The molecule has 2 atom stereocenters. The van der Waals surface area contributed by atoms with Gasteiger partial charge in [0, 0.05) is 19.0 Å². The van der Waals surface area contributed by atoms with Gasteiger partial charge >= 0.3 is 0 Å². The zero-order valence-electron chi connectivity index (χ0n) is 13.3. The van der Waals surface area contributed by atoms with E-state index in [4.69, 9.17) is 0 Å². The molecule has 7 heteroatoms. The van der Waals surface area contributed by atoms with Gasteiger partial charge in [0.25, 0.3) is 0 Å². The molecule has 1 saturated heterocycles. The molecule has 0 aromatic carbocycles. The van der Waals surface area contributed by atoms with E-state index in [0.29, 0.717) is 18.3 Å². The SMILES string of the molecule is CC(C)NS(=O)(=O)CCNC(=O)CC(C)C1CCCNC1. The molecule has 2 unspecified atom stereocenters. The van der Waals surface area contributed by atoms with Gasteiger partial charge in [0.05, 0.1) is 5.75 Å². The predicted octanol–water partition coefficient (Wildman–Crippen LogP) is 0.456. The van der Waals surface area contributed by atoms with Crippen LogP contribution < -0.4 is 15.4 Å². The van der Waals surface area contributed by atoms with Crippen LogP contribution in [0.3, 0.4) is 0 Å². The van der Waals surface area contributed by atoms with Crippen molar-refractivity contribution in [1.29, 1.82) is 0 Å². The van der Waals surface area contributed by atoms with E-state index in [1.54, 1.807) is 13.8 Å². The Morgan fingerprint density at radius 3 is 2.62 bits per heavy atom. The van der Waals surface area contributed by atoms with Gasteiger partial charge in [0.15, 0.2) is 0 Å². The highest BCUT2D eigenvalue weighted by atomic mass is 32.2. The second-order valence-corrected chi connectivity index (χ2v) is 8.10. The molecule has 6 nitrogen and oxygen atoms in total. The molecule has 0 aliphatic carbocycles. The highest BCUT2D eigenvalue weighted by Crippen LogP contribution is 2.22. The number of amides is 1. The molecule has 1 rings (SSSR count). The first kappa shape index (κ1) is 18.4. The number of hydrogen-bond donors (Lipinski definition) is 3. The summed E-state index contributed by atoms with van der Waals surface area (Å²) in [7, 11) is -3.30. The number of rotatable bonds is 8. The summed E-state index contributed by atoms with van der Waals surface area (Å²) in [5.41, 5.74) is 0. The van der Waals surface area contributed by atoms with E-state index in [1.165, 1.54) is 0 Å². The Bertz CT molecular complexity index is 417. The molecule has 1 amide bonds. The molecular formula is C14H29N3O3S. The summed E-state index contributed by atoms with van der Waals surface area (Å²) in [6.07, 6.45) is 2.79. The fourth-order valence-electron chi connectivity index (χ4n) is 2.64. The average Bonchev–Trinajstić information content (AvgIpc) is 2.37. The van der Waals surface area contributed by atoms with Crippen LogP contribution in [0.25, 0.3) is 0 Å². The third-order valence-corrected chi connectivity index (χ3v) is 5.33. The third kappa shape index (κ3) is 7.78. The molecule has 0 spiro atoms. The highest BCUT2D eigenvalue weighted by Gasteiger charge is 2.22. The minimum absolute atomic E-state index is 0.0622. The van der Waals surface area contributed by atoms with E-state index in [1.807, 2.05) is 0 Å². The largest absolute Gasteiger partial charge is 0.355 e. The summed E-state index contributed by atoms with van der Waals surface area (Å²) in [5.74, 6) is 0.725. The molecule has 21 heavy (non-hydrogen) atoms. The molecular weight excluding hydrogens is 290 g/mol. The second kappa shape index (κ2) is 8.70. The van der Waals surface area contributed by atoms with Crippen LogP contribution in [0, 0.1) is 11.8 Å². The number of hydrogen-bond acceptors (Lipinski definition) is 4. The number of carbonyl (C=O) groups is 1. The van der Waals surface area contributed by atoms with E-state index in [9.17, 15) is 13.2 Å². The standard InChI is InChI=1S/C14H29N3O3S/c1-11(2)17-21(19,20)8-7-16-14(18)9-12(3)13-5-4-6-15-10-13/h11-13,15,17H,4-10H2,1-3H3,(H,16,18).